The highest BCUT2D eigenvalue weighted by atomic mass is 35.5. The molecule has 0 aliphatic carbocycles. The first-order valence-corrected chi connectivity index (χ1v) is 6.61. The zero-order chi connectivity index (χ0) is 14.2. The molecule has 1 fully saturated rings. The van der Waals surface area contributed by atoms with Crippen LogP contribution in [0.25, 0.3) is 0 Å². The van der Waals surface area contributed by atoms with Crippen molar-refractivity contribution in [2.75, 3.05) is 23.7 Å². The summed E-state index contributed by atoms with van der Waals surface area (Å²) < 4.78 is 38.3. The Kier molecular flexibility index (Phi) is 4.06. The Balaban J connectivity index is 2.27. The van der Waals surface area contributed by atoms with E-state index in [0.717, 1.165) is 0 Å². The smallest absolute Gasteiger partial charge is 0.393 e. The summed E-state index contributed by atoms with van der Waals surface area (Å²) in [7, 11) is 0. The second-order valence-electron chi connectivity index (χ2n) is 4.66. The zero-order valence-corrected chi connectivity index (χ0v) is 11.5. The minimum Gasteiger partial charge on any atom is -0.399 e. The van der Waals surface area contributed by atoms with E-state index in [9.17, 15) is 13.2 Å². The van der Waals surface area contributed by atoms with Crippen molar-refractivity contribution >= 4 is 34.6 Å². The standard InChI is InChI=1S/C12H13Cl2F3N2/c13-9-4-8(18)5-10(14)11(9)19-3-1-2-7(6-19)12(15,16)17/h4-5,7H,1-3,6,18H2. The van der Waals surface area contributed by atoms with Crippen LogP contribution in [0.2, 0.25) is 10.0 Å². The molecular formula is C12H13Cl2F3N2. The van der Waals surface area contributed by atoms with Gasteiger partial charge in [0.15, 0.2) is 0 Å². The van der Waals surface area contributed by atoms with Crippen LogP contribution in [0.3, 0.4) is 0 Å². The van der Waals surface area contributed by atoms with Gasteiger partial charge in [0.1, 0.15) is 0 Å². The Morgan fingerprint density at radius 3 is 2.32 bits per heavy atom. The van der Waals surface area contributed by atoms with Crippen molar-refractivity contribution in [1.82, 2.24) is 0 Å². The summed E-state index contributed by atoms with van der Waals surface area (Å²) in [5.74, 6) is -1.34. The molecular weight excluding hydrogens is 300 g/mol. The van der Waals surface area contributed by atoms with Gasteiger partial charge in [-0.15, -0.1) is 0 Å². The van der Waals surface area contributed by atoms with Gasteiger partial charge in [-0.25, -0.2) is 0 Å². The van der Waals surface area contributed by atoms with Crippen molar-refractivity contribution in [3.8, 4) is 0 Å². The molecule has 2 N–H and O–H groups in total. The van der Waals surface area contributed by atoms with Gasteiger partial charge in [-0.2, -0.15) is 13.2 Å². The predicted molar refractivity (Wildman–Crippen MR) is 71.9 cm³/mol. The average Bonchev–Trinajstić information content (AvgIpc) is 2.26. The van der Waals surface area contributed by atoms with Crippen molar-refractivity contribution in [3.05, 3.63) is 22.2 Å². The average molecular weight is 313 g/mol. The van der Waals surface area contributed by atoms with Crippen LogP contribution in [0.1, 0.15) is 12.8 Å². The fourth-order valence-electron chi connectivity index (χ4n) is 2.33. The molecule has 0 radical (unpaired) electrons. The first-order valence-electron chi connectivity index (χ1n) is 5.85. The number of rotatable bonds is 1. The summed E-state index contributed by atoms with van der Waals surface area (Å²) in [5.41, 5.74) is 6.42. The van der Waals surface area contributed by atoms with E-state index in [2.05, 4.69) is 0 Å². The molecule has 0 aromatic heterocycles. The van der Waals surface area contributed by atoms with Gasteiger partial charge in [-0.3, -0.25) is 0 Å². The van der Waals surface area contributed by atoms with Gasteiger partial charge >= 0.3 is 6.18 Å². The van der Waals surface area contributed by atoms with E-state index in [1.54, 1.807) is 4.90 Å². The Morgan fingerprint density at radius 1 is 1.21 bits per heavy atom. The van der Waals surface area contributed by atoms with Crippen LogP contribution in [-0.4, -0.2) is 19.3 Å². The van der Waals surface area contributed by atoms with Crippen LogP contribution in [0.4, 0.5) is 24.5 Å². The number of hydrogen-bond donors (Lipinski definition) is 1. The van der Waals surface area contributed by atoms with Crippen molar-refractivity contribution < 1.29 is 13.2 Å². The van der Waals surface area contributed by atoms with Crippen molar-refractivity contribution in [2.24, 2.45) is 5.92 Å². The molecule has 1 unspecified atom stereocenters. The Bertz CT molecular complexity index is 454. The number of alkyl halides is 3. The molecule has 1 aliphatic heterocycles. The normalized spacial score (nSPS) is 20.7. The number of nitrogen functional groups attached to an aromatic ring is 1. The summed E-state index contributed by atoms with van der Waals surface area (Å²) in [4.78, 5) is 1.59. The third-order valence-corrected chi connectivity index (χ3v) is 3.82. The van der Waals surface area contributed by atoms with Crippen LogP contribution >= 0.6 is 23.2 Å². The molecule has 0 spiro atoms. The number of anilines is 2. The zero-order valence-electron chi connectivity index (χ0n) is 9.97. The quantitative estimate of drug-likeness (QED) is 0.781. The van der Waals surface area contributed by atoms with Gasteiger partial charge in [0, 0.05) is 18.8 Å². The summed E-state index contributed by atoms with van der Waals surface area (Å²) in [6, 6.07) is 3.00. The van der Waals surface area contributed by atoms with Crippen molar-refractivity contribution in [2.45, 2.75) is 19.0 Å². The number of halogens is 5. The molecule has 0 bridgehead atoms. The number of nitrogens with zero attached hydrogens (tertiary/aromatic N) is 1. The first kappa shape index (κ1) is 14.6. The molecule has 1 aromatic carbocycles. The molecule has 1 atom stereocenters. The molecule has 0 saturated carbocycles. The molecule has 7 heteroatoms. The fourth-order valence-corrected chi connectivity index (χ4v) is 3.08. The first-order chi connectivity index (χ1) is 8.79. The Labute approximate surface area is 119 Å². The minimum absolute atomic E-state index is 0.118. The summed E-state index contributed by atoms with van der Waals surface area (Å²) in [6.07, 6.45) is -3.59. The predicted octanol–water partition coefficient (Wildman–Crippen LogP) is 4.35. The topological polar surface area (TPSA) is 29.3 Å². The molecule has 2 rings (SSSR count). The lowest BCUT2D eigenvalue weighted by molar-refractivity contribution is -0.175. The largest absolute Gasteiger partial charge is 0.399 e. The van der Waals surface area contributed by atoms with Gasteiger partial charge < -0.3 is 10.6 Å². The number of benzene rings is 1. The lowest BCUT2D eigenvalue weighted by Gasteiger charge is -2.36. The molecule has 19 heavy (non-hydrogen) atoms. The highest BCUT2D eigenvalue weighted by Crippen LogP contribution is 2.40. The molecule has 106 valence electrons. The minimum atomic E-state index is -4.19. The van der Waals surface area contributed by atoms with Gasteiger partial charge in [-0.05, 0) is 25.0 Å². The van der Waals surface area contributed by atoms with E-state index in [1.807, 2.05) is 0 Å². The Morgan fingerprint density at radius 2 is 1.79 bits per heavy atom. The summed E-state index contributed by atoms with van der Waals surface area (Å²) >= 11 is 12.1. The van der Waals surface area contributed by atoms with Crippen LogP contribution in [0.5, 0.6) is 0 Å². The van der Waals surface area contributed by atoms with Crippen LogP contribution in [0.15, 0.2) is 12.1 Å². The maximum absolute atomic E-state index is 12.8. The van der Waals surface area contributed by atoms with E-state index in [1.165, 1.54) is 12.1 Å². The van der Waals surface area contributed by atoms with Crippen molar-refractivity contribution in [1.29, 1.82) is 0 Å². The maximum atomic E-state index is 12.8. The molecule has 1 saturated heterocycles. The summed E-state index contributed by atoms with van der Waals surface area (Å²) in [6.45, 7) is 0.392. The monoisotopic (exact) mass is 312 g/mol. The molecule has 0 amide bonds. The van der Waals surface area contributed by atoms with E-state index >= 15 is 0 Å². The second kappa shape index (κ2) is 5.29. The Hall–Kier alpha value is -0.810. The highest BCUT2D eigenvalue weighted by molar-refractivity contribution is 6.39. The van der Waals surface area contributed by atoms with E-state index in [4.69, 9.17) is 28.9 Å². The van der Waals surface area contributed by atoms with E-state index < -0.39 is 12.1 Å². The van der Waals surface area contributed by atoms with E-state index in [-0.39, 0.29) is 23.0 Å². The van der Waals surface area contributed by atoms with E-state index in [0.29, 0.717) is 24.3 Å². The number of hydrogen-bond acceptors (Lipinski definition) is 2. The van der Waals surface area contributed by atoms with Gasteiger partial charge in [0.05, 0.1) is 21.7 Å². The number of piperidine rings is 1. The third-order valence-electron chi connectivity index (χ3n) is 3.24. The molecule has 1 aromatic rings. The van der Waals surface area contributed by atoms with Crippen LogP contribution < -0.4 is 10.6 Å². The van der Waals surface area contributed by atoms with Gasteiger partial charge in [0.2, 0.25) is 0 Å². The lowest BCUT2D eigenvalue weighted by atomic mass is 9.97. The van der Waals surface area contributed by atoms with Crippen molar-refractivity contribution in [3.63, 3.8) is 0 Å². The molecule has 1 aliphatic rings. The van der Waals surface area contributed by atoms with Crippen LogP contribution in [-0.2, 0) is 0 Å². The third kappa shape index (κ3) is 3.20. The summed E-state index contributed by atoms with van der Waals surface area (Å²) in [5, 5.41) is 0.570. The fraction of sp³-hybridized carbons (Fsp3) is 0.500. The molecule has 2 nitrogen and oxygen atoms in total. The molecule has 1 heterocycles. The number of nitrogens with two attached hydrogens (primary N) is 1. The van der Waals surface area contributed by atoms with Gasteiger partial charge in [0.25, 0.3) is 0 Å². The lowest BCUT2D eigenvalue weighted by Crippen LogP contribution is -2.42. The van der Waals surface area contributed by atoms with Crippen LogP contribution in [0, 0.1) is 5.92 Å². The van der Waals surface area contributed by atoms with Gasteiger partial charge in [-0.1, -0.05) is 23.2 Å². The highest BCUT2D eigenvalue weighted by Gasteiger charge is 2.42. The maximum Gasteiger partial charge on any atom is 0.393 e. The SMILES string of the molecule is Nc1cc(Cl)c(N2CCCC(C(F)(F)F)C2)c(Cl)c1. The second-order valence-corrected chi connectivity index (χ2v) is 5.47.